The fourth-order valence-corrected chi connectivity index (χ4v) is 1.72. The highest BCUT2D eigenvalue weighted by molar-refractivity contribution is 9.10. The number of hydrogen-bond acceptors (Lipinski definition) is 4. The van der Waals surface area contributed by atoms with Crippen LogP contribution in [0.3, 0.4) is 0 Å². The Balaban J connectivity index is 1.91. The highest BCUT2D eigenvalue weighted by atomic mass is 79.9. The maximum atomic E-state index is 5.49. The zero-order valence-corrected chi connectivity index (χ0v) is 11.6. The molecule has 0 N–H and O–H groups in total. The van der Waals surface area contributed by atoms with Crippen LogP contribution in [0.4, 0.5) is 0 Å². The van der Waals surface area contributed by atoms with Crippen molar-refractivity contribution in [2.45, 2.75) is 6.54 Å². The van der Waals surface area contributed by atoms with Crippen molar-refractivity contribution >= 4 is 15.9 Å². The molecule has 0 unspecified atom stereocenters. The second kappa shape index (κ2) is 6.51. The Morgan fingerprint density at radius 1 is 1.22 bits per heavy atom. The van der Waals surface area contributed by atoms with Gasteiger partial charge in [0.1, 0.15) is 17.0 Å². The van der Waals surface area contributed by atoms with Crippen LogP contribution in [0.2, 0.25) is 0 Å². The molecule has 96 valence electrons. The Labute approximate surface area is 114 Å². The van der Waals surface area contributed by atoms with Gasteiger partial charge in [-0.25, -0.2) is 0 Å². The van der Waals surface area contributed by atoms with Gasteiger partial charge in [-0.05, 0) is 33.6 Å². The lowest BCUT2D eigenvalue weighted by molar-refractivity contribution is 0.146. The van der Waals surface area contributed by atoms with Gasteiger partial charge in [-0.15, -0.1) is 5.10 Å². The molecule has 0 aliphatic rings. The molecule has 18 heavy (non-hydrogen) atoms. The fraction of sp³-hybridized carbons (Fsp3) is 0.333. The van der Waals surface area contributed by atoms with Gasteiger partial charge in [-0.2, -0.15) is 9.90 Å². The molecule has 0 atom stereocenters. The average Bonchev–Trinajstić information content (AvgIpc) is 2.77. The lowest BCUT2D eigenvalue weighted by atomic mass is 10.2. The minimum atomic E-state index is 0.559. The standard InChI is InChI=1S/C12H14BrN3O2/c1-17-6-7-18-11-4-2-10(3-5-11)9-16-14-8-12(13)15-16/h2-5,8H,6-7,9H2,1H3. The molecule has 5 nitrogen and oxygen atoms in total. The minimum absolute atomic E-state index is 0.559. The number of ether oxygens (including phenoxy) is 2. The van der Waals surface area contributed by atoms with Crippen molar-refractivity contribution in [3.8, 4) is 5.75 Å². The normalized spacial score (nSPS) is 10.6. The third kappa shape index (κ3) is 3.82. The predicted octanol–water partition coefficient (Wildman–Crippen LogP) is 2.11. The van der Waals surface area contributed by atoms with Crippen molar-refractivity contribution in [1.82, 2.24) is 15.0 Å². The van der Waals surface area contributed by atoms with E-state index in [4.69, 9.17) is 9.47 Å². The van der Waals surface area contributed by atoms with Crippen LogP contribution in [0.15, 0.2) is 35.1 Å². The van der Waals surface area contributed by atoms with E-state index in [9.17, 15) is 0 Å². The third-order valence-corrected chi connectivity index (χ3v) is 2.68. The zero-order chi connectivity index (χ0) is 12.8. The first-order valence-electron chi connectivity index (χ1n) is 5.54. The van der Waals surface area contributed by atoms with Crippen LogP contribution in [0.1, 0.15) is 5.56 Å². The maximum Gasteiger partial charge on any atom is 0.148 e. The monoisotopic (exact) mass is 311 g/mol. The summed E-state index contributed by atoms with van der Waals surface area (Å²) in [5.41, 5.74) is 1.12. The first-order chi connectivity index (χ1) is 8.78. The molecule has 1 aromatic heterocycles. The molecule has 0 saturated carbocycles. The van der Waals surface area contributed by atoms with Crippen molar-refractivity contribution in [2.24, 2.45) is 0 Å². The van der Waals surface area contributed by atoms with Crippen molar-refractivity contribution in [3.63, 3.8) is 0 Å². The molecule has 0 spiro atoms. The molecule has 1 aromatic carbocycles. The van der Waals surface area contributed by atoms with Crippen LogP contribution in [0.25, 0.3) is 0 Å². The molecular weight excluding hydrogens is 298 g/mol. The van der Waals surface area contributed by atoms with Crippen LogP contribution in [-0.4, -0.2) is 35.3 Å². The van der Waals surface area contributed by atoms with Crippen LogP contribution < -0.4 is 4.74 Å². The molecule has 0 radical (unpaired) electrons. The van der Waals surface area contributed by atoms with E-state index in [-0.39, 0.29) is 0 Å². The fourth-order valence-electron chi connectivity index (χ4n) is 1.45. The van der Waals surface area contributed by atoms with Gasteiger partial charge in [0.2, 0.25) is 0 Å². The molecular formula is C12H14BrN3O2. The Morgan fingerprint density at radius 3 is 2.61 bits per heavy atom. The Kier molecular flexibility index (Phi) is 4.72. The SMILES string of the molecule is COCCOc1ccc(Cn2ncc(Br)n2)cc1. The quantitative estimate of drug-likeness (QED) is 0.767. The lowest BCUT2D eigenvalue weighted by Crippen LogP contribution is -2.05. The minimum Gasteiger partial charge on any atom is -0.491 e. The lowest BCUT2D eigenvalue weighted by Gasteiger charge is -2.06. The summed E-state index contributed by atoms with van der Waals surface area (Å²) in [6.45, 7) is 1.79. The van der Waals surface area contributed by atoms with Crippen molar-refractivity contribution in [2.75, 3.05) is 20.3 Å². The van der Waals surface area contributed by atoms with E-state index in [1.165, 1.54) is 0 Å². The molecule has 0 bridgehead atoms. The van der Waals surface area contributed by atoms with Gasteiger partial charge >= 0.3 is 0 Å². The van der Waals surface area contributed by atoms with Gasteiger partial charge < -0.3 is 9.47 Å². The maximum absolute atomic E-state index is 5.49. The summed E-state index contributed by atoms with van der Waals surface area (Å²) in [4.78, 5) is 1.63. The summed E-state index contributed by atoms with van der Waals surface area (Å²) in [6.07, 6.45) is 1.67. The van der Waals surface area contributed by atoms with Gasteiger partial charge in [0.15, 0.2) is 0 Å². The zero-order valence-electron chi connectivity index (χ0n) is 10.0. The summed E-state index contributed by atoms with van der Waals surface area (Å²) < 4.78 is 11.1. The third-order valence-electron chi connectivity index (χ3n) is 2.31. The largest absolute Gasteiger partial charge is 0.491 e. The summed E-state index contributed by atoms with van der Waals surface area (Å²) in [5, 5.41) is 8.27. The van der Waals surface area contributed by atoms with E-state index >= 15 is 0 Å². The summed E-state index contributed by atoms with van der Waals surface area (Å²) in [7, 11) is 1.65. The Bertz CT molecular complexity index is 484. The van der Waals surface area contributed by atoms with E-state index in [1.54, 1.807) is 18.1 Å². The smallest absolute Gasteiger partial charge is 0.148 e. The molecule has 2 rings (SSSR count). The Morgan fingerprint density at radius 2 is 2.00 bits per heavy atom. The molecule has 1 heterocycles. The van der Waals surface area contributed by atoms with E-state index in [0.717, 1.165) is 15.9 Å². The van der Waals surface area contributed by atoms with Gasteiger partial charge in [-0.3, -0.25) is 0 Å². The molecule has 0 saturated heterocycles. The average molecular weight is 312 g/mol. The highest BCUT2D eigenvalue weighted by Crippen LogP contribution is 2.13. The topological polar surface area (TPSA) is 49.2 Å². The number of hydrogen-bond donors (Lipinski definition) is 0. The molecule has 2 aromatic rings. The second-order valence-corrected chi connectivity index (χ2v) is 4.50. The number of rotatable bonds is 6. The number of benzene rings is 1. The molecule has 6 heteroatoms. The van der Waals surface area contributed by atoms with Crippen molar-refractivity contribution in [3.05, 3.63) is 40.6 Å². The van der Waals surface area contributed by atoms with Crippen LogP contribution >= 0.6 is 15.9 Å². The summed E-state index contributed by atoms with van der Waals surface area (Å²) in [5.74, 6) is 0.838. The number of methoxy groups -OCH3 is 1. The highest BCUT2D eigenvalue weighted by Gasteiger charge is 2.00. The first-order valence-corrected chi connectivity index (χ1v) is 6.33. The first kappa shape index (κ1) is 13.0. The molecule has 0 aliphatic heterocycles. The van der Waals surface area contributed by atoms with Crippen LogP contribution in [-0.2, 0) is 11.3 Å². The summed E-state index contributed by atoms with van der Waals surface area (Å²) in [6, 6.07) is 7.87. The predicted molar refractivity (Wildman–Crippen MR) is 70.6 cm³/mol. The number of halogens is 1. The van der Waals surface area contributed by atoms with E-state index in [2.05, 4.69) is 26.1 Å². The van der Waals surface area contributed by atoms with E-state index in [1.807, 2.05) is 24.3 Å². The number of aromatic nitrogens is 3. The van der Waals surface area contributed by atoms with Crippen LogP contribution in [0, 0.1) is 0 Å². The second-order valence-electron chi connectivity index (χ2n) is 3.68. The van der Waals surface area contributed by atoms with Crippen molar-refractivity contribution < 1.29 is 9.47 Å². The molecule has 0 amide bonds. The molecule has 0 fully saturated rings. The van der Waals surface area contributed by atoms with Gasteiger partial charge in [0, 0.05) is 7.11 Å². The Hall–Kier alpha value is -1.40. The van der Waals surface area contributed by atoms with E-state index < -0.39 is 0 Å². The van der Waals surface area contributed by atoms with Gasteiger partial charge in [0.05, 0.1) is 19.3 Å². The number of nitrogens with zero attached hydrogens (tertiary/aromatic N) is 3. The van der Waals surface area contributed by atoms with Crippen molar-refractivity contribution in [1.29, 1.82) is 0 Å². The summed E-state index contributed by atoms with van der Waals surface area (Å²) >= 11 is 3.27. The van der Waals surface area contributed by atoms with Gasteiger partial charge in [0.25, 0.3) is 0 Å². The molecule has 0 aliphatic carbocycles. The van der Waals surface area contributed by atoms with E-state index in [0.29, 0.717) is 19.8 Å². The van der Waals surface area contributed by atoms with Gasteiger partial charge in [-0.1, -0.05) is 12.1 Å². The van der Waals surface area contributed by atoms with Crippen LogP contribution in [0.5, 0.6) is 5.75 Å².